The molecule has 0 unspecified atom stereocenters. The van der Waals surface area contributed by atoms with Crippen molar-refractivity contribution in [1.29, 1.82) is 10.5 Å². The first-order valence-corrected chi connectivity index (χ1v) is 16.5. The highest BCUT2D eigenvalue weighted by Crippen LogP contribution is 2.28. The molecule has 13 nitrogen and oxygen atoms in total. The zero-order valence-corrected chi connectivity index (χ0v) is 26.8. The summed E-state index contributed by atoms with van der Waals surface area (Å²) in [6, 6.07) is 7.88. The Hall–Kier alpha value is -4.44. The topological polar surface area (TPSA) is 205 Å². The molecule has 4 rings (SSSR count). The van der Waals surface area contributed by atoms with Gasteiger partial charge in [-0.3, -0.25) is 4.79 Å². The number of nitriles is 2. The van der Waals surface area contributed by atoms with E-state index in [2.05, 4.69) is 32.5 Å². The fourth-order valence-electron chi connectivity index (χ4n) is 4.87. The molecular weight excluding hydrogens is 597 g/mol. The van der Waals surface area contributed by atoms with Gasteiger partial charge in [-0.15, -0.1) is 11.8 Å². The fraction of sp³-hybridized carbons (Fsp3) is 0.379. The maximum Gasteiger partial charge on any atom is 0.253 e. The molecule has 0 amide bonds. The molecule has 0 fully saturated rings. The summed E-state index contributed by atoms with van der Waals surface area (Å²) in [4.78, 5) is 22.5. The third kappa shape index (κ3) is 6.40. The van der Waals surface area contributed by atoms with Crippen LogP contribution in [0.1, 0.15) is 42.7 Å². The SMILES string of the molecule is CC/C(CSCCn1cccc(CCNc2nc3c(CC)c(C)nn3c(N)c2C#N)c1=O)=C1\N=C(SC)C(C#N)=C(N)N1N. The van der Waals surface area contributed by atoms with Gasteiger partial charge < -0.3 is 21.4 Å². The number of aliphatic imine (C=N–C) groups is 1. The Morgan fingerprint density at radius 3 is 2.64 bits per heavy atom. The summed E-state index contributed by atoms with van der Waals surface area (Å²) in [5.41, 5.74) is 16.9. The van der Waals surface area contributed by atoms with E-state index in [1.165, 1.54) is 21.3 Å². The summed E-state index contributed by atoms with van der Waals surface area (Å²) < 4.78 is 3.21. The van der Waals surface area contributed by atoms with Crippen LogP contribution in [0.25, 0.3) is 5.65 Å². The van der Waals surface area contributed by atoms with Gasteiger partial charge in [0.05, 0.1) is 5.69 Å². The van der Waals surface area contributed by atoms with Crippen molar-refractivity contribution in [2.45, 2.75) is 46.6 Å². The van der Waals surface area contributed by atoms with Crippen LogP contribution < -0.4 is 28.2 Å². The van der Waals surface area contributed by atoms with Gasteiger partial charge in [0.25, 0.3) is 5.56 Å². The van der Waals surface area contributed by atoms with E-state index < -0.39 is 0 Å². The molecule has 44 heavy (non-hydrogen) atoms. The number of rotatable bonds is 11. The molecule has 230 valence electrons. The van der Waals surface area contributed by atoms with Crippen molar-refractivity contribution in [2.75, 3.05) is 35.4 Å². The number of nitrogens with two attached hydrogens (primary N) is 3. The Labute approximate surface area is 264 Å². The standard InChI is InChI=1S/C29H36N12OS2/c1-5-18(26-37-28(43-4)22(15-31)23(32)40(26)34)16-44-13-12-39-11-7-8-19(29(39)42)9-10-35-25-21(14-30)24(33)41-27(36-25)20(6-2)17(3)38-41/h7-8,11H,5-6,9-10,12-13,16,32-34H2,1-4H3,(H,35,36)/b26-18-. The van der Waals surface area contributed by atoms with Crippen molar-refractivity contribution in [3.8, 4) is 12.1 Å². The second kappa shape index (κ2) is 14.4. The third-order valence-electron chi connectivity index (χ3n) is 7.31. The van der Waals surface area contributed by atoms with Crippen molar-refractivity contribution >= 4 is 45.9 Å². The Kier molecular flexibility index (Phi) is 10.6. The van der Waals surface area contributed by atoms with Gasteiger partial charge in [0.1, 0.15) is 51.6 Å². The summed E-state index contributed by atoms with van der Waals surface area (Å²) in [5.74, 6) is 8.87. The van der Waals surface area contributed by atoms with E-state index in [0.717, 1.165) is 23.3 Å². The maximum absolute atomic E-state index is 13.2. The number of pyridine rings is 1. The van der Waals surface area contributed by atoms with Crippen molar-refractivity contribution in [3.63, 3.8) is 0 Å². The smallest absolute Gasteiger partial charge is 0.253 e. The van der Waals surface area contributed by atoms with Crippen molar-refractivity contribution in [3.05, 3.63) is 73.9 Å². The van der Waals surface area contributed by atoms with Crippen LogP contribution in [-0.2, 0) is 19.4 Å². The van der Waals surface area contributed by atoms with Crippen LogP contribution >= 0.6 is 23.5 Å². The van der Waals surface area contributed by atoms with Crippen LogP contribution in [0.4, 0.5) is 11.6 Å². The minimum atomic E-state index is -0.0661. The van der Waals surface area contributed by atoms with E-state index in [-0.39, 0.29) is 28.3 Å². The number of aryl methyl sites for hydroxylation is 3. The molecule has 1 aliphatic heterocycles. The van der Waals surface area contributed by atoms with Gasteiger partial charge in [0, 0.05) is 41.9 Å². The van der Waals surface area contributed by atoms with Crippen LogP contribution in [-0.4, -0.2) is 53.5 Å². The largest absolute Gasteiger partial charge is 0.383 e. The van der Waals surface area contributed by atoms with E-state index in [4.69, 9.17) is 17.3 Å². The minimum Gasteiger partial charge on any atom is -0.383 e. The van der Waals surface area contributed by atoms with Gasteiger partial charge in [-0.05, 0) is 44.1 Å². The Balaban J connectivity index is 1.40. The average Bonchev–Trinajstić information content (AvgIpc) is 3.35. The monoisotopic (exact) mass is 632 g/mol. The predicted molar refractivity (Wildman–Crippen MR) is 178 cm³/mol. The first kappa shape index (κ1) is 32.5. The van der Waals surface area contributed by atoms with E-state index >= 15 is 0 Å². The number of hydrogen-bond acceptors (Lipinski definition) is 13. The lowest BCUT2D eigenvalue weighted by atomic mass is 10.2. The molecule has 4 heterocycles. The molecule has 3 aromatic rings. The number of hydrazine groups is 1. The summed E-state index contributed by atoms with van der Waals surface area (Å²) in [6.45, 7) is 6.86. The summed E-state index contributed by atoms with van der Waals surface area (Å²) >= 11 is 3.02. The highest BCUT2D eigenvalue weighted by Gasteiger charge is 2.25. The van der Waals surface area contributed by atoms with Crippen LogP contribution in [0.15, 0.2) is 50.9 Å². The number of aromatic nitrogens is 4. The first-order chi connectivity index (χ1) is 21.2. The van der Waals surface area contributed by atoms with Gasteiger partial charge in [-0.25, -0.2) is 20.8 Å². The Bertz CT molecular complexity index is 1810. The normalized spacial score (nSPS) is 14.4. The predicted octanol–water partition coefficient (Wildman–Crippen LogP) is 2.87. The van der Waals surface area contributed by atoms with E-state index in [1.807, 2.05) is 39.2 Å². The van der Waals surface area contributed by atoms with Gasteiger partial charge >= 0.3 is 0 Å². The number of nitrogen functional groups attached to an aromatic ring is 1. The minimum absolute atomic E-state index is 0.0661. The molecule has 0 bridgehead atoms. The van der Waals surface area contributed by atoms with Crippen LogP contribution in [0.2, 0.25) is 0 Å². The summed E-state index contributed by atoms with van der Waals surface area (Å²) in [6.07, 6.45) is 5.51. The second-order valence-corrected chi connectivity index (χ2v) is 11.8. The molecule has 7 N–H and O–H groups in total. The van der Waals surface area contributed by atoms with Crippen LogP contribution in [0.5, 0.6) is 0 Å². The molecule has 0 aromatic carbocycles. The van der Waals surface area contributed by atoms with Crippen molar-refractivity contribution < 1.29 is 0 Å². The Morgan fingerprint density at radius 2 is 1.98 bits per heavy atom. The zero-order valence-electron chi connectivity index (χ0n) is 25.2. The van der Waals surface area contributed by atoms with Crippen molar-refractivity contribution in [1.82, 2.24) is 24.2 Å². The lowest BCUT2D eigenvalue weighted by Crippen LogP contribution is -2.38. The van der Waals surface area contributed by atoms with E-state index in [0.29, 0.717) is 65.3 Å². The summed E-state index contributed by atoms with van der Waals surface area (Å²) in [7, 11) is 0. The molecule has 0 atom stereocenters. The molecule has 15 heteroatoms. The van der Waals surface area contributed by atoms with E-state index in [9.17, 15) is 15.3 Å². The molecule has 0 saturated heterocycles. The van der Waals surface area contributed by atoms with Crippen LogP contribution in [0, 0.1) is 29.6 Å². The maximum atomic E-state index is 13.2. The molecule has 1 aliphatic rings. The molecule has 0 radical (unpaired) electrons. The first-order valence-electron chi connectivity index (χ1n) is 14.1. The highest BCUT2D eigenvalue weighted by molar-refractivity contribution is 8.13. The van der Waals surface area contributed by atoms with Gasteiger partial charge in [-0.1, -0.05) is 19.9 Å². The average molecular weight is 633 g/mol. The molecule has 0 spiro atoms. The lowest BCUT2D eigenvalue weighted by Gasteiger charge is -2.27. The van der Waals surface area contributed by atoms with Crippen LogP contribution in [0.3, 0.4) is 0 Å². The number of nitrogens with zero attached hydrogens (tertiary/aromatic N) is 8. The molecule has 3 aromatic heterocycles. The number of anilines is 2. The zero-order chi connectivity index (χ0) is 32.0. The number of hydrogen-bond donors (Lipinski definition) is 4. The Morgan fingerprint density at radius 1 is 1.20 bits per heavy atom. The second-order valence-electron chi connectivity index (χ2n) is 9.89. The van der Waals surface area contributed by atoms with Gasteiger partial charge in [0.15, 0.2) is 5.65 Å². The lowest BCUT2D eigenvalue weighted by molar-refractivity contribution is 0.427. The highest BCUT2D eigenvalue weighted by atomic mass is 32.2. The van der Waals surface area contributed by atoms with Crippen molar-refractivity contribution in [2.24, 2.45) is 16.6 Å². The molecular formula is C29H36N12OS2. The summed E-state index contributed by atoms with van der Waals surface area (Å²) in [5, 5.41) is 28.6. The molecule has 0 saturated carbocycles. The fourth-order valence-corrected chi connectivity index (χ4v) is 6.46. The number of thioether (sulfide) groups is 2. The van der Waals surface area contributed by atoms with Gasteiger partial charge in [0.2, 0.25) is 0 Å². The number of fused-ring (bicyclic) bond motifs is 1. The van der Waals surface area contributed by atoms with Gasteiger partial charge in [-0.2, -0.15) is 31.9 Å². The quantitative estimate of drug-likeness (QED) is 0.178. The third-order valence-corrected chi connectivity index (χ3v) is 9.02. The number of nitrogens with one attached hydrogen (secondary N) is 1. The van der Waals surface area contributed by atoms with E-state index in [1.54, 1.807) is 22.5 Å². The molecule has 0 aliphatic carbocycles.